The summed E-state index contributed by atoms with van der Waals surface area (Å²) >= 11 is 0. The van der Waals surface area contributed by atoms with Crippen LogP contribution in [-0.4, -0.2) is 36.2 Å². The summed E-state index contributed by atoms with van der Waals surface area (Å²) in [6.07, 6.45) is 1.28. The Bertz CT molecular complexity index is 853. The van der Waals surface area contributed by atoms with Gasteiger partial charge in [-0.2, -0.15) is 0 Å². The molecule has 2 N–H and O–H groups in total. The Morgan fingerprint density at radius 2 is 2.20 bits per heavy atom. The minimum Gasteiger partial charge on any atom is -0.390 e. The monoisotopic (exact) mass is 269 g/mol. The second kappa shape index (κ2) is 3.97. The van der Waals surface area contributed by atoms with Gasteiger partial charge in [-0.25, -0.2) is 9.67 Å². The van der Waals surface area contributed by atoms with Crippen LogP contribution in [0.3, 0.4) is 0 Å². The number of benzene rings is 1. The third-order valence-corrected chi connectivity index (χ3v) is 3.70. The third-order valence-electron chi connectivity index (χ3n) is 3.70. The van der Waals surface area contributed by atoms with E-state index in [1.165, 1.54) is 11.0 Å². The van der Waals surface area contributed by atoms with Crippen molar-refractivity contribution in [2.45, 2.75) is 18.6 Å². The van der Waals surface area contributed by atoms with E-state index in [1.54, 1.807) is 0 Å². The zero-order chi connectivity index (χ0) is 13.7. The lowest BCUT2D eigenvalue weighted by atomic mass is 10.1. The van der Waals surface area contributed by atoms with Crippen LogP contribution in [0.2, 0.25) is 0 Å². The average molecular weight is 269 g/mol. The molecule has 1 aromatic carbocycles. The van der Waals surface area contributed by atoms with Gasteiger partial charge in [-0.05, 0) is 11.1 Å². The summed E-state index contributed by atoms with van der Waals surface area (Å²) in [7, 11) is 0. The van der Waals surface area contributed by atoms with Crippen LogP contribution in [0.15, 0.2) is 35.4 Å². The minimum absolute atomic E-state index is 0.184. The van der Waals surface area contributed by atoms with Crippen LogP contribution in [0.1, 0.15) is 17.2 Å². The van der Waals surface area contributed by atoms with Crippen LogP contribution in [0.5, 0.6) is 0 Å². The number of H-pyrrole nitrogens is 1. The first-order valence-corrected chi connectivity index (χ1v) is 6.30. The fraction of sp³-hybridized carbons (Fsp3) is 0.231. The number of aromatic nitrogens is 5. The Balaban J connectivity index is 1.96. The maximum atomic E-state index is 11.7. The molecule has 0 bridgehead atoms. The van der Waals surface area contributed by atoms with Gasteiger partial charge in [-0.3, -0.25) is 4.79 Å². The number of nitrogens with one attached hydrogen (secondary N) is 1. The number of hydrogen-bond acceptors (Lipinski definition) is 5. The molecule has 7 heteroatoms. The molecule has 1 aliphatic carbocycles. The normalized spacial score (nSPS) is 21.2. The summed E-state index contributed by atoms with van der Waals surface area (Å²) in [5.74, 6) is 0. The van der Waals surface area contributed by atoms with Crippen molar-refractivity contribution < 1.29 is 5.11 Å². The maximum absolute atomic E-state index is 11.7. The zero-order valence-corrected chi connectivity index (χ0v) is 10.4. The van der Waals surface area contributed by atoms with Gasteiger partial charge >= 0.3 is 0 Å². The highest BCUT2D eigenvalue weighted by atomic mass is 16.3. The van der Waals surface area contributed by atoms with Crippen molar-refractivity contribution >= 4 is 11.2 Å². The third kappa shape index (κ3) is 1.44. The van der Waals surface area contributed by atoms with E-state index < -0.39 is 6.10 Å². The molecule has 0 fully saturated rings. The highest BCUT2D eigenvalue weighted by molar-refractivity contribution is 5.68. The van der Waals surface area contributed by atoms with Crippen molar-refractivity contribution in [2.75, 3.05) is 0 Å². The van der Waals surface area contributed by atoms with Gasteiger partial charge in [0.25, 0.3) is 5.56 Å². The molecule has 0 radical (unpaired) electrons. The summed E-state index contributed by atoms with van der Waals surface area (Å²) in [5, 5.41) is 18.2. The molecule has 0 unspecified atom stereocenters. The first-order chi connectivity index (χ1) is 9.75. The molecular weight excluding hydrogens is 258 g/mol. The van der Waals surface area contributed by atoms with Crippen LogP contribution in [-0.2, 0) is 6.42 Å². The van der Waals surface area contributed by atoms with E-state index in [-0.39, 0.29) is 17.1 Å². The van der Waals surface area contributed by atoms with Gasteiger partial charge in [0.15, 0.2) is 11.2 Å². The van der Waals surface area contributed by atoms with Crippen molar-refractivity contribution in [2.24, 2.45) is 0 Å². The molecule has 1 aliphatic rings. The molecule has 2 atom stereocenters. The number of aliphatic hydroxyl groups is 1. The summed E-state index contributed by atoms with van der Waals surface area (Å²) in [5.41, 5.74) is 2.31. The number of nitrogens with zero attached hydrogens (tertiary/aromatic N) is 4. The number of aromatic amines is 1. The molecule has 20 heavy (non-hydrogen) atoms. The number of hydrogen-bond donors (Lipinski definition) is 2. The number of aliphatic hydroxyl groups excluding tert-OH is 1. The van der Waals surface area contributed by atoms with E-state index in [1.807, 2.05) is 24.3 Å². The Morgan fingerprint density at radius 1 is 1.35 bits per heavy atom. The molecule has 0 aliphatic heterocycles. The molecular formula is C13H11N5O2. The summed E-state index contributed by atoms with van der Waals surface area (Å²) in [4.78, 5) is 18.2. The van der Waals surface area contributed by atoms with Gasteiger partial charge in [-0.15, -0.1) is 5.10 Å². The first-order valence-electron chi connectivity index (χ1n) is 6.30. The second-order valence-electron chi connectivity index (χ2n) is 4.85. The predicted molar refractivity (Wildman–Crippen MR) is 70.2 cm³/mol. The SMILES string of the molecule is O=c1[nH]cnc2c1nnn2[C@@H]1c2ccccc2C[C@H]1O. The fourth-order valence-electron chi connectivity index (χ4n) is 2.81. The highest BCUT2D eigenvalue weighted by Crippen LogP contribution is 2.34. The molecule has 100 valence electrons. The van der Waals surface area contributed by atoms with Crippen LogP contribution < -0.4 is 5.56 Å². The first kappa shape index (κ1) is 11.3. The average Bonchev–Trinajstić information content (AvgIpc) is 2.99. The van der Waals surface area contributed by atoms with Gasteiger partial charge in [0.05, 0.1) is 12.4 Å². The molecule has 2 aromatic heterocycles. The molecule has 0 saturated heterocycles. The second-order valence-corrected chi connectivity index (χ2v) is 4.85. The van der Waals surface area contributed by atoms with Gasteiger partial charge < -0.3 is 10.1 Å². The topological polar surface area (TPSA) is 96.7 Å². The molecule has 3 aromatic rings. The van der Waals surface area contributed by atoms with E-state index in [9.17, 15) is 9.90 Å². The Morgan fingerprint density at radius 3 is 3.10 bits per heavy atom. The summed E-state index contributed by atoms with van der Waals surface area (Å²) in [6, 6.07) is 7.44. The molecule has 0 amide bonds. The lowest BCUT2D eigenvalue weighted by Crippen LogP contribution is -2.22. The van der Waals surface area contributed by atoms with Gasteiger partial charge in [0.2, 0.25) is 0 Å². The zero-order valence-electron chi connectivity index (χ0n) is 10.4. The van der Waals surface area contributed by atoms with E-state index in [0.29, 0.717) is 12.1 Å². The van der Waals surface area contributed by atoms with Crippen LogP contribution >= 0.6 is 0 Å². The minimum atomic E-state index is -0.599. The quantitative estimate of drug-likeness (QED) is 0.649. The van der Waals surface area contributed by atoms with Crippen molar-refractivity contribution in [1.29, 1.82) is 0 Å². The van der Waals surface area contributed by atoms with Crippen molar-refractivity contribution in [3.63, 3.8) is 0 Å². The van der Waals surface area contributed by atoms with Crippen LogP contribution in [0.4, 0.5) is 0 Å². The Kier molecular flexibility index (Phi) is 2.25. The lowest BCUT2D eigenvalue weighted by Gasteiger charge is -2.15. The van der Waals surface area contributed by atoms with Crippen molar-refractivity contribution in [1.82, 2.24) is 25.0 Å². The fourth-order valence-corrected chi connectivity index (χ4v) is 2.81. The molecule has 4 rings (SSSR count). The molecule has 7 nitrogen and oxygen atoms in total. The smallest absolute Gasteiger partial charge is 0.280 e. The van der Waals surface area contributed by atoms with Gasteiger partial charge in [0, 0.05) is 6.42 Å². The number of fused-ring (bicyclic) bond motifs is 2. The van der Waals surface area contributed by atoms with Crippen LogP contribution in [0.25, 0.3) is 11.2 Å². The maximum Gasteiger partial charge on any atom is 0.280 e. The van der Waals surface area contributed by atoms with E-state index in [0.717, 1.165) is 11.1 Å². The summed E-state index contributed by atoms with van der Waals surface area (Å²) < 4.78 is 1.53. The van der Waals surface area contributed by atoms with E-state index >= 15 is 0 Å². The van der Waals surface area contributed by atoms with E-state index in [2.05, 4.69) is 20.3 Å². The standard InChI is InChI=1S/C13H11N5O2/c19-9-5-7-3-1-2-4-8(7)11(9)18-12-10(16-17-18)13(20)15-6-14-12/h1-4,6,9,11,19H,5H2,(H,14,15,20)/t9-,11-/m1/s1. The molecule has 0 saturated carbocycles. The predicted octanol–water partition coefficient (Wildman–Crippen LogP) is 0.0210. The number of rotatable bonds is 1. The molecule has 0 spiro atoms. The van der Waals surface area contributed by atoms with E-state index in [4.69, 9.17) is 0 Å². The Hall–Kier alpha value is -2.54. The van der Waals surface area contributed by atoms with Crippen molar-refractivity contribution in [3.8, 4) is 0 Å². The largest absolute Gasteiger partial charge is 0.390 e. The van der Waals surface area contributed by atoms with Crippen molar-refractivity contribution in [3.05, 3.63) is 52.1 Å². The highest BCUT2D eigenvalue weighted by Gasteiger charge is 2.34. The Labute approximate surface area is 112 Å². The molecule has 2 heterocycles. The van der Waals surface area contributed by atoms with Crippen LogP contribution in [0, 0.1) is 0 Å². The van der Waals surface area contributed by atoms with Gasteiger partial charge in [0.1, 0.15) is 6.04 Å². The van der Waals surface area contributed by atoms with Gasteiger partial charge in [-0.1, -0.05) is 29.5 Å². The lowest BCUT2D eigenvalue weighted by molar-refractivity contribution is 0.139. The summed E-state index contributed by atoms with van der Waals surface area (Å²) in [6.45, 7) is 0.